The standard InChI is InChI=1S/C18H26N4O2/c1-14-10-24-13-18(12-23,22(14)2)11-19-9-17-16(8-20-21-17)15-6-4-3-5-7-15/h3-8,14,19,23H,9-13H2,1-2H3,(H,20,21)/t14-,18+/m1/s1. The van der Waals surface area contributed by atoms with E-state index < -0.39 is 0 Å². The number of nitrogens with zero attached hydrogens (tertiary/aromatic N) is 2. The van der Waals surface area contributed by atoms with Gasteiger partial charge in [-0.25, -0.2) is 0 Å². The van der Waals surface area contributed by atoms with Gasteiger partial charge in [-0.15, -0.1) is 0 Å². The van der Waals surface area contributed by atoms with E-state index in [2.05, 4.69) is 46.5 Å². The van der Waals surface area contributed by atoms with Gasteiger partial charge in [-0.2, -0.15) is 5.10 Å². The molecule has 1 fully saturated rings. The van der Waals surface area contributed by atoms with E-state index >= 15 is 0 Å². The Balaban J connectivity index is 1.66. The number of rotatable bonds is 6. The molecule has 3 N–H and O–H groups in total. The van der Waals surface area contributed by atoms with Gasteiger partial charge in [-0.3, -0.25) is 10.00 Å². The quantitative estimate of drug-likeness (QED) is 0.743. The average Bonchev–Trinajstić information content (AvgIpc) is 3.08. The summed E-state index contributed by atoms with van der Waals surface area (Å²) in [6.45, 7) is 4.73. The monoisotopic (exact) mass is 330 g/mol. The van der Waals surface area contributed by atoms with Crippen LogP contribution in [0.15, 0.2) is 36.5 Å². The molecule has 1 saturated heterocycles. The molecule has 2 aromatic rings. The summed E-state index contributed by atoms with van der Waals surface area (Å²) in [7, 11) is 2.05. The Morgan fingerprint density at radius 3 is 2.96 bits per heavy atom. The minimum absolute atomic E-state index is 0.0648. The van der Waals surface area contributed by atoms with E-state index in [9.17, 15) is 5.11 Å². The fourth-order valence-electron chi connectivity index (χ4n) is 3.22. The summed E-state index contributed by atoms with van der Waals surface area (Å²) in [5.41, 5.74) is 2.90. The van der Waals surface area contributed by atoms with Crippen molar-refractivity contribution in [3.05, 3.63) is 42.2 Å². The van der Waals surface area contributed by atoms with Crippen LogP contribution in [0.1, 0.15) is 12.6 Å². The lowest BCUT2D eigenvalue weighted by atomic mass is 9.96. The zero-order valence-electron chi connectivity index (χ0n) is 14.3. The van der Waals surface area contributed by atoms with Crippen LogP contribution in [0.2, 0.25) is 0 Å². The Morgan fingerprint density at radius 2 is 2.21 bits per heavy atom. The molecule has 6 nitrogen and oxygen atoms in total. The highest BCUT2D eigenvalue weighted by molar-refractivity contribution is 5.64. The highest BCUT2D eigenvalue weighted by Crippen LogP contribution is 2.23. The third-order valence-electron chi connectivity index (χ3n) is 4.99. The first kappa shape index (κ1) is 17.1. The number of benzene rings is 1. The Kier molecular flexibility index (Phi) is 5.30. The van der Waals surface area contributed by atoms with Crippen LogP contribution in [-0.2, 0) is 11.3 Å². The van der Waals surface area contributed by atoms with E-state index in [0.29, 0.717) is 32.3 Å². The Morgan fingerprint density at radius 1 is 1.42 bits per heavy atom. The van der Waals surface area contributed by atoms with E-state index in [1.807, 2.05) is 24.4 Å². The molecule has 1 aliphatic rings. The van der Waals surface area contributed by atoms with Crippen molar-refractivity contribution in [3.63, 3.8) is 0 Å². The van der Waals surface area contributed by atoms with Crippen molar-refractivity contribution in [2.45, 2.75) is 25.0 Å². The fraction of sp³-hybridized carbons (Fsp3) is 0.500. The third kappa shape index (κ3) is 3.37. The molecule has 2 atom stereocenters. The number of ether oxygens (including phenoxy) is 1. The van der Waals surface area contributed by atoms with E-state index in [-0.39, 0.29) is 12.1 Å². The molecule has 0 spiro atoms. The van der Waals surface area contributed by atoms with Gasteiger partial charge in [0.15, 0.2) is 0 Å². The van der Waals surface area contributed by atoms with Gasteiger partial charge >= 0.3 is 0 Å². The first-order valence-corrected chi connectivity index (χ1v) is 8.36. The number of morpholine rings is 1. The second-order valence-corrected chi connectivity index (χ2v) is 6.59. The van der Waals surface area contributed by atoms with Gasteiger partial charge in [0.05, 0.1) is 37.3 Å². The topological polar surface area (TPSA) is 73.4 Å². The largest absolute Gasteiger partial charge is 0.394 e. The number of aromatic nitrogens is 2. The smallest absolute Gasteiger partial charge is 0.0802 e. The molecule has 0 amide bonds. The number of hydrogen-bond acceptors (Lipinski definition) is 5. The molecule has 0 saturated carbocycles. The molecule has 0 unspecified atom stereocenters. The van der Waals surface area contributed by atoms with Crippen molar-refractivity contribution in [2.75, 3.05) is 33.4 Å². The zero-order valence-corrected chi connectivity index (χ0v) is 14.3. The lowest BCUT2D eigenvalue weighted by Gasteiger charge is -2.47. The molecule has 1 aromatic carbocycles. The number of likely N-dealkylation sites (N-methyl/N-ethyl adjacent to an activating group) is 1. The van der Waals surface area contributed by atoms with Crippen LogP contribution in [-0.4, -0.2) is 65.2 Å². The number of aliphatic hydroxyl groups is 1. The molecule has 0 aliphatic carbocycles. The van der Waals surface area contributed by atoms with Crippen LogP contribution >= 0.6 is 0 Å². The van der Waals surface area contributed by atoms with Crippen molar-refractivity contribution < 1.29 is 9.84 Å². The summed E-state index contributed by atoms with van der Waals surface area (Å²) >= 11 is 0. The van der Waals surface area contributed by atoms with Gasteiger partial charge in [0, 0.05) is 24.7 Å². The van der Waals surface area contributed by atoms with Crippen molar-refractivity contribution in [1.29, 1.82) is 0 Å². The summed E-state index contributed by atoms with van der Waals surface area (Å²) in [5.74, 6) is 0. The van der Waals surface area contributed by atoms with E-state index in [4.69, 9.17) is 4.74 Å². The first-order chi connectivity index (χ1) is 11.7. The predicted octanol–water partition coefficient (Wildman–Crippen LogP) is 1.25. The van der Waals surface area contributed by atoms with Crippen LogP contribution in [0, 0.1) is 0 Å². The number of hydrogen-bond donors (Lipinski definition) is 3. The normalized spacial score (nSPS) is 25.0. The van der Waals surface area contributed by atoms with Crippen LogP contribution in [0.4, 0.5) is 0 Å². The van der Waals surface area contributed by atoms with Gasteiger partial charge in [0.25, 0.3) is 0 Å². The van der Waals surface area contributed by atoms with Gasteiger partial charge in [-0.1, -0.05) is 30.3 Å². The van der Waals surface area contributed by atoms with Crippen LogP contribution < -0.4 is 5.32 Å². The molecule has 0 bridgehead atoms. The Labute approximate surface area is 142 Å². The van der Waals surface area contributed by atoms with Gasteiger partial charge in [0.2, 0.25) is 0 Å². The first-order valence-electron chi connectivity index (χ1n) is 8.36. The van der Waals surface area contributed by atoms with E-state index in [1.165, 1.54) is 0 Å². The number of H-pyrrole nitrogens is 1. The number of nitrogens with one attached hydrogen (secondary N) is 2. The molecule has 24 heavy (non-hydrogen) atoms. The van der Waals surface area contributed by atoms with E-state index in [1.54, 1.807) is 0 Å². The summed E-state index contributed by atoms with van der Waals surface area (Å²) in [5, 5.41) is 20.6. The lowest BCUT2D eigenvalue weighted by Crippen LogP contribution is -2.65. The Hall–Kier alpha value is -1.73. The second-order valence-electron chi connectivity index (χ2n) is 6.59. The van der Waals surface area contributed by atoms with Crippen LogP contribution in [0.3, 0.4) is 0 Å². The van der Waals surface area contributed by atoms with Gasteiger partial charge in [0.1, 0.15) is 0 Å². The zero-order chi connectivity index (χ0) is 17.0. The lowest BCUT2D eigenvalue weighted by molar-refractivity contribution is -0.106. The van der Waals surface area contributed by atoms with Crippen molar-refractivity contribution in [3.8, 4) is 11.1 Å². The molecular formula is C18H26N4O2. The van der Waals surface area contributed by atoms with E-state index in [0.717, 1.165) is 16.8 Å². The molecule has 1 aromatic heterocycles. The van der Waals surface area contributed by atoms with Crippen molar-refractivity contribution in [2.24, 2.45) is 0 Å². The molecule has 0 radical (unpaired) electrons. The minimum atomic E-state index is -0.384. The Bertz CT molecular complexity index is 645. The maximum Gasteiger partial charge on any atom is 0.0802 e. The molecule has 130 valence electrons. The minimum Gasteiger partial charge on any atom is -0.394 e. The van der Waals surface area contributed by atoms with Crippen molar-refractivity contribution in [1.82, 2.24) is 20.4 Å². The second kappa shape index (κ2) is 7.44. The van der Waals surface area contributed by atoms with Crippen LogP contribution in [0.25, 0.3) is 11.1 Å². The average molecular weight is 330 g/mol. The third-order valence-corrected chi connectivity index (χ3v) is 4.99. The SMILES string of the molecule is C[C@@H]1COC[C@@](CO)(CNCc2[nH]ncc2-c2ccccc2)N1C. The fourth-order valence-corrected chi connectivity index (χ4v) is 3.22. The van der Waals surface area contributed by atoms with Gasteiger partial charge in [-0.05, 0) is 19.5 Å². The van der Waals surface area contributed by atoms with Crippen molar-refractivity contribution >= 4 is 0 Å². The molecule has 1 aliphatic heterocycles. The highest BCUT2D eigenvalue weighted by Gasteiger charge is 2.40. The summed E-state index contributed by atoms with van der Waals surface area (Å²) < 4.78 is 5.68. The molecular weight excluding hydrogens is 304 g/mol. The molecule has 6 heteroatoms. The maximum atomic E-state index is 9.94. The van der Waals surface area contributed by atoms with Crippen LogP contribution in [0.5, 0.6) is 0 Å². The summed E-state index contributed by atoms with van der Waals surface area (Å²) in [4.78, 5) is 2.22. The molecule has 2 heterocycles. The summed E-state index contributed by atoms with van der Waals surface area (Å²) in [6.07, 6.45) is 1.85. The maximum absolute atomic E-state index is 9.94. The molecule has 3 rings (SSSR count). The highest BCUT2D eigenvalue weighted by atomic mass is 16.5. The number of aliphatic hydroxyl groups excluding tert-OH is 1. The predicted molar refractivity (Wildman–Crippen MR) is 93.6 cm³/mol. The van der Waals surface area contributed by atoms with Gasteiger partial charge < -0.3 is 15.2 Å². The number of aromatic amines is 1. The summed E-state index contributed by atoms with van der Waals surface area (Å²) in [6, 6.07) is 10.5.